The lowest BCUT2D eigenvalue weighted by molar-refractivity contribution is -0.114. The number of hydrogen-bond donors (Lipinski definition) is 2. The van der Waals surface area contributed by atoms with Gasteiger partial charge in [-0.15, -0.1) is 0 Å². The maximum absolute atomic E-state index is 10.8. The minimum atomic E-state index is -1.18. The monoisotopic (exact) mass is 204 g/mol. The van der Waals surface area contributed by atoms with Crippen molar-refractivity contribution in [3.8, 4) is 6.07 Å². The highest BCUT2D eigenvalue weighted by Gasteiger charge is 2.11. The summed E-state index contributed by atoms with van der Waals surface area (Å²) in [6, 6.07) is 5.88. The topological polar surface area (TPSA) is 90.2 Å². The maximum Gasteiger partial charge on any atom is 0.337 e. The number of anilines is 1. The van der Waals surface area contributed by atoms with E-state index in [2.05, 4.69) is 5.32 Å². The van der Waals surface area contributed by atoms with E-state index >= 15 is 0 Å². The van der Waals surface area contributed by atoms with Gasteiger partial charge in [0.1, 0.15) is 0 Å². The highest BCUT2D eigenvalue weighted by atomic mass is 16.4. The second-order valence-electron chi connectivity index (χ2n) is 2.86. The van der Waals surface area contributed by atoms with E-state index in [4.69, 9.17) is 10.4 Å². The second-order valence-corrected chi connectivity index (χ2v) is 2.86. The minimum Gasteiger partial charge on any atom is -0.478 e. The molecule has 5 nitrogen and oxygen atoms in total. The van der Waals surface area contributed by atoms with E-state index in [9.17, 15) is 9.59 Å². The summed E-state index contributed by atoms with van der Waals surface area (Å²) in [6.07, 6.45) is 0. The number of carboxylic acid groups (broad SMARTS) is 1. The zero-order valence-corrected chi connectivity index (χ0v) is 7.94. The first-order valence-corrected chi connectivity index (χ1v) is 4.09. The predicted octanol–water partition coefficient (Wildman–Crippen LogP) is 1.21. The summed E-state index contributed by atoms with van der Waals surface area (Å²) in [5.74, 6) is -1.54. The third-order valence-corrected chi connectivity index (χ3v) is 1.69. The molecule has 1 rings (SSSR count). The van der Waals surface area contributed by atoms with Crippen molar-refractivity contribution in [1.82, 2.24) is 0 Å². The first-order chi connectivity index (χ1) is 7.04. The summed E-state index contributed by atoms with van der Waals surface area (Å²) in [5, 5.41) is 19.8. The van der Waals surface area contributed by atoms with Gasteiger partial charge < -0.3 is 10.4 Å². The summed E-state index contributed by atoms with van der Waals surface area (Å²) >= 11 is 0. The number of benzene rings is 1. The molecule has 0 radical (unpaired) electrons. The van der Waals surface area contributed by atoms with Crippen LogP contribution in [0.25, 0.3) is 0 Å². The number of hydrogen-bond acceptors (Lipinski definition) is 3. The van der Waals surface area contributed by atoms with Gasteiger partial charge in [0.15, 0.2) is 0 Å². The van der Waals surface area contributed by atoms with Gasteiger partial charge in [-0.05, 0) is 18.2 Å². The number of aromatic carboxylic acids is 1. The molecule has 0 atom stereocenters. The summed E-state index contributed by atoms with van der Waals surface area (Å²) in [4.78, 5) is 21.6. The van der Waals surface area contributed by atoms with Gasteiger partial charge in [-0.3, -0.25) is 4.79 Å². The lowest BCUT2D eigenvalue weighted by Crippen LogP contribution is -2.10. The standard InChI is InChI=1S/C10H8N2O3/c1-6(13)12-9-3-2-7(5-11)4-8(9)10(14)15/h2-4H,1H3,(H,12,13)(H,14,15). The van der Waals surface area contributed by atoms with E-state index < -0.39 is 5.97 Å². The Morgan fingerprint density at radius 1 is 1.47 bits per heavy atom. The molecule has 0 unspecified atom stereocenters. The Kier molecular flexibility index (Phi) is 3.03. The van der Waals surface area contributed by atoms with Crippen molar-refractivity contribution in [2.45, 2.75) is 6.92 Å². The molecule has 0 aliphatic carbocycles. The zero-order valence-electron chi connectivity index (χ0n) is 7.94. The van der Waals surface area contributed by atoms with E-state index in [1.165, 1.54) is 25.1 Å². The van der Waals surface area contributed by atoms with Gasteiger partial charge in [0, 0.05) is 6.92 Å². The Labute approximate surface area is 86.0 Å². The molecular formula is C10H8N2O3. The normalized spacial score (nSPS) is 9.07. The summed E-state index contributed by atoms with van der Waals surface area (Å²) in [7, 11) is 0. The Balaban J connectivity index is 3.22. The van der Waals surface area contributed by atoms with Crippen LogP contribution in [0.1, 0.15) is 22.8 Å². The molecule has 1 aromatic carbocycles. The van der Waals surface area contributed by atoms with Gasteiger partial charge in [0.2, 0.25) is 5.91 Å². The van der Waals surface area contributed by atoms with Gasteiger partial charge in [-0.25, -0.2) is 4.79 Å². The van der Waals surface area contributed by atoms with Crippen molar-refractivity contribution in [1.29, 1.82) is 5.26 Å². The Morgan fingerprint density at radius 2 is 2.13 bits per heavy atom. The van der Waals surface area contributed by atoms with Crippen LogP contribution in [0.5, 0.6) is 0 Å². The van der Waals surface area contributed by atoms with Crippen molar-refractivity contribution < 1.29 is 14.7 Å². The molecule has 0 bridgehead atoms. The Bertz CT molecular complexity index is 460. The molecule has 15 heavy (non-hydrogen) atoms. The highest BCUT2D eigenvalue weighted by molar-refractivity contribution is 6.00. The van der Waals surface area contributed by atoms with Crippen LogP contribution in [-0.4, -0.2) is 17.0 Å². The van der Waals surface area contributed by atoms with E-state index in [1.54, 1.807) is 0 Å². The molecule has 0 saturated carbocycles. The number of nitrogens with one attached hydrogen (secondary N) is 1. The van der Waals surface area contributed by atoms with E-state index in [0.29, 0.717) is 0 Å². The van der Waals surface area contributed by atoms with Gasteiger partial charge in [-0.2, -0.15) is 5.26 Å². The van der Waals surface area contributed by atoms with Crippen LogP contribution in [0.3, 0.4) is 0 Å². The quantitative estimate of drug-likeness (QED) is 0.757. The summed E-state index contributed by atoms with van der Waals surface area (Å²) < 4.78 is 0. The van der Waals surface area contributed by atoms with Crippen LogP contribution in [0.15, 0.2) is 18.2 Å². The average molecular weight is 204 g/mol. The van der Waals surface area contributed by atoms with Crippen LogP contribution >= 0.6 is 0 Å². The second kappa shape index (κ2) is 4.24. The lowest BCUT2D eigenvalue weighted by atomic mass is 10.1. The molecule has 1 aromatic rings. The minimum absolute atomic E-state index is 0.0933. The van der Waals surface area contributed by atoms with E-state index in [0.717, 1.165) is 0 Å². The predicted molar refractivity (Wildman–Crippen MR) is 52.4 cm³/mol. The average Bonchev–Trinajstić information content (AvgIpc) is 2.17. The fourth-order valence-corrected chi connectivity index (χ4v) is 1.09. The third-order valence-electron chi connectivity index (χ3n) is 1.69. The first kappa shape index (κ1) is 10.7. The first-order valence-electron chi connectivity index (χ1n) is 4.09. The number of carboxylic acids is 1. The molecule has 2 N–H and O–H groups in total. The third kappa shape index (κ3) is 2.54. The molecule has 76 valence electrons. The molecule has 5 heteroatoms. The number of amides is 1. The number of nitrogens with zero attached hydrogens (tertiary/aromatic N) is 1. The van der Waals surface area contributed by atoms with E-state index in [-0.39, 0.29) is 22.7 Å². The van der Waals surface area contributed by atoms with Crippen LogP contribution in [0.2, 0.25) is 0 Å². The summed E-state index contributed by atoms with van der Waals surface area (Å²) in [6.45, 7) is 1.28. The van der Waals surface area contributed by atoms with Crippen molar-refractivity contribution in [3.63, 3.8) is 0 Å². The molecule has 0 aliphatic heterocycles. The SMILES string of the molecule is CC(=O)Nc1ccc(C#N)cc1C(=O)O. The van der Waals surface area contributed by atoms with Gasteiger partial charge >= 0.3 is 5.97 Å². The molecule has 0 spiro atoms. The maximum atomic E-state index is 10.8. The van der Waals surface area contributed by atoms with Gasteiger partial charge in [-0.1, -0.05) is 0 Å². The van der Waals surface area contributed by atoms with E-state index in [1.807, 2.05) is 6.07 Å². The van der Waals surface area contributed by atoms with Crippen LogP contribution < -0.4 is 5.32 Å². The Morgan fingerprint density at radius 3 is 2.60 bits per heavy atom. The van der Waals surface area contributed by atoms with Crippen molar-refractivity contribution in [2.24, 2.45) is 0 Å². The fraction of sp³-hybridized carbons (Fsp3) is 0.100. The zero-order chi connectivity index (χ0) is 11.4. The molecular weight excluding hydrogens is 196 g/mol. The molecule has 0 aliphatic rings. The largest absolute Gasteiger partial charge is 0.478 e. The Hall–Kier alpha value is -2.35. The number of nitriles is 1. The number of rotatable bonds is 2. The van der Waals surface area contributed by atoms with Crippen molar-refractivity contribution in [3.05, 3.63) is 29.3 Å². The van der Waals surface area contributed by atoms with Crippen molar-refractivity contribution >= 4 is 17.6 Å². The highest BCUT2D eigenvalue weighted by Crippen LogP contribution is 2.17. The summed E-state index contributed by atoms with van der Waals surface area (Å²) in [5.41, 5.74) is 0.333. The number of carbonyl (C=O) groups is 2. The van der Waals surface area contributed by atoms with Gasteiger partial charge in [0.05, 0.1) is 22.9 Å². The van der Waals surface area contributed by atoms with Crippen LogP contribution in [0, 0.1) is 11.3 Å². The number of carbonyl (C=O) groups excluding carboxylic acids is 1. The van der Waals surface area contributed by atoms with Crippen molar-refractivity contribution in [2.75, 3.05) is 5.32 Å². The molecule has 1 amide bonds. The molecule has 0 heterocycles. The fourth-order valence-electron chi connectivity index (χ4n) is 1.09. The van der Waals surface area contributed by atoms with Gasteiger partial charge in [0.25, 0.3) is 0 Å². The molecule has 0 aromatic heterocycles. The molecule has 0 saturated heterocycles. The molecule has 0 fully saturated rings. The van der Waals surface area contributed by atoms with Crippen LogP contribution in [0.4, 0.5) is 5.69 Å². The van der Waals surface area contributed by atoms with Crippen LogP contribution in [-0.2, 0) is 4.79 Å². The lowest BCUT2D eigenvalue weighted by Gasteiger charge is -2.06. The smallest absolute Gasteiger partial charge is 0.337 e.